The molecule has 1 aromatic carbocycles. The van der Waals surface area contributed by atoms with E-state index in [1.165, 1.54) is 24.0 Å². The summed E-state index contributed by atoms with van der Waals surface area (Å²) in [5.41, 5.74) is 1.92. The van der Waals surface area contributed by atoms with Gasteiger partial charge >= 0.3 is 5.97 Å². The van der Waals surface area contributed by atoms with E-state index in [0.29, 0.717) is 15.7 Å². The highest BCUT2D eigenvalue weighted by Gasteiger charge is 2.14. The third-order valence-corrected chi connectivity index (χ3v) is 3.97. The van der Waals surface area contributed by atoms with Crippen LogP contribution in [0.1, 0.15) is 15.2 Å². The highest BCUT2D eigenvalue weighted by molar-refractivity contribution is 7.80. The zero-order valence-corrected chi connectivity index (χ0v) is 13.2. The Morgan fingerprint density at radius 1 is 1.29 bits per heavy atom. The van der Waals surface area contributed by atoms with E-state index in [0.717, 1.165) is 13.0 Å². The van der Waals surface area contributed by atoms with E-state index in [1.54, 1.807) is 0 Å². The molecule has 0 bridgehead atoms. The fourth-order valence-electron chi connectivity index (χ4n) is 1.79. The van der Waals surface area contributed by atoms with Crippen LogP contribution in [0.5, 0.6) is 0 Å². The van der Waals surface area contributed by atoms with Gasteiger partial charge < -0.3 is 15.4 Å². The van der Waals surface area contributed by atoms with Gasteiger partial charge in [0.25, 0.3) is 0 Å². The van der Waals surface area contributed by atoms with Crippen molar-refractivity contribution in [3.05, 3.63) is 52.2 Å². The molecule has 0 spiro atoms. The largest absolute Gasteiger partial charge is 0.465 e. The van der Waals surface area contributed by atoms with Crippen molar-refractivity contribution in [1.29, 1.82) is 0 Å². The van der Waals surface area contributed by atoms with E-state index in [1.807, 2.05) is 29.6 Å². The molecule has 2 rings (SSSR count). The van der Waals surface area contributed by atoms with E-state index in [-0.39, 0.29) is 5.97 Å². The molecular formula is C15H16N2O2S2. The lowest BCUT2D eigenvalue weighted by Crippen LogP contribution is -2.30. The summed E-state index contributed by atoms with van der Waals surface area (Å²) in [6.07, 6.45) is 0.885. The van der Waals surface area contributed by atoms with E-state index in [9.17, 15) is 4.79 Å². The third-order valence-electron chi connectivity index (χ3n) is 2.83. The molecule has 1 heterocycles. The number of anilines is 1. The van der Waals surface area contributed by atoms with Gasteiger partial charge in [0.05, 0.1) is 12.8 Å². The summed E-state index contributed by atoms with van der Waals surface area (Å²) in [4.78, 5) is 12.1. The van der Waals surface area contributed by atoms with Crippen LogP contribution in [-0.4, -0.2) is 24.7 Å². The van der Waals surface area contributed by atoms with Crippen molar-refractivity contribution in [2.24, 2.45) is 0 Å². The molecule has 0 saturated heterocycles. The summed E-state index contributed by atoms with van der Waals surface area (Å²) < 4.78 is 4.72. The lowest BCUT2D eigenvalue weighted by atomic mass is 10.1. The molecule has 0 fully saturated rings. The minimum absolute atomic E-state index is 0.361. The number of esters is 1. The minimum atomic E-state index is -0.361. The first-order chi connectivity index (χ1) is 10.2. The van der Waals surface area contributed by atoms with Crippen LogP contribution in [0.3, 0.4) is 0 Å². The molecule has 0 aliphatic heterocycles. The molecule has 6 heteroatoms. The Kier molecular flexibility index (Phi) is 5.71. The van der Waals surface area contributed by atoms with Crippen LogP contribution < -0.4 is 10.6 Å². The van der Waals surface area contributed by atoms with Gasteiger partial charge in [0.2, 0.25) is 0 Å². The second-order valence-corrected chi connectivity index (χ2v) is 5.60. The van der Waals surface area contributed by atoms with Crippen LogP contribution in [-0.2, 0) is 11.2 Å². The smallest absolute Gasteiger partial charge is 0.350 e. The lowest BCUT2D eigenvalue weighted by Gasteiger charge is -2.10. The quantitative estimate of drug-likeness (QED) is 0.655. The molecule has 0 radical (unpaired) electrons. The number of thiocarbonyl (C=S) groups is 1. The van der Waals surface area contributed by atoms with E-state index in [2.05, 4.69) is 22.8 Å². The third kappa shape index (κ3) is 4.54. The average Bonchev–Trinajstić information content (AvgIpc) is 2.95. The zero-order valence-electron chi connectivity index (χ0n) is 11.6. The van der Waals surface area contributed by atoms with Crippen molar-refractivity contribution in [2.75, 3.05) is 19.0 Å². The number of benzene rings is 1. The van der Waals surface area contributed by atoms with Crippen LogP contribution >= 0.6 is 23.6 Å². The Hall–Kier alpha value is -1.92. The molecule has 2 aromatic rings. The van der Waals surface area contributed by atoms with Crippen molar-refractivity contribution in [1.82, 2.24) is 5.32 Å². The first kappa shape index (κ1) is 15.5. The molecule has 0 unspecified atom stereocenters. The van der Waals surface area contributed by atoms with Crippen molar-refractivity contribution in [3.63, 3.8) is 0 Å². The number of methoxy groups -OCH3 is 1. The van der Waals surface area contributed by atoms with Crippen LogP contribution in [0.15, 0.2) is 41.8 Å². The highest BCUT2D eigenvalue weighted by atomic mass is 32.1. The molecule has 0 aliphatic carbocycles. The second kappa shape index (κ2) is 7.75. The van der Waals surface area contributed by atoms with Gasteiger partial charge in [-0.1, -0.05) is 30.3 Å². The second-order valence-electron chi connectivity index (χ2n) is 4.27. The van der Waals surface area contributed by atoms with Crippen LogP contribution in [0.4, 0.5) is 5.69 Å². The highest BCUT2D eigenvalue weighted by Crippen LogP contribution is 2.22. The molecule has 4 nitrogen and oxygen atoms in total. The maximum absolute atomic E-state index is 11.6. The van der Waals surface area contributed by atoms with Crippen molar-refractivity contribution >= 4 is 40.3 Å². The van der Waals surface area contributed by atoms with Gasteiger partial charge in [-0.3, -0.25) is 0 Å². The van der Waals surface area contributed by atoms with Gasteiger partial charge in [0.15, 0.2) is 5.11 Å². The molecule has 110 valence electrons. The first-order valence-electron chi connectivity index (χ1n) is 6.45. The average molecular weight is 320 g/mol. The predicted octanol–water partition coefficient (Wildman–Crippen LogP) is 3.06. The summed E-state index contributed by atoms with van der Waals surface area (Å²) in [5, 5.41) is 8.46. The lowest BCUT2D eigenvalue weighted by molar-refractivity contribution is 0.0607. The van der Waals surface area contributed by atoms with E-state index in [4.69, 9.17) is 17.0 Å². The van der Waals surface area contributed by atoms with E-state index < -0.39 is 0 Å². The summed E-state index contributed by atoms with van der Waals surface area (Å²) >= 11 is 6.55. The Balaban J connectivity index is 1.82. The van der Waals surface area contributed by atoms with Gasteiger partial charge in [0, 0.05) is 6.54 Å². The summed E-state index contributed by atoms with van der Waals surface area (Å²) in [6.45, 7) is 0.730. The zero-order chi connectivity index (χ0) is 15.1. The molecule has 0 amide bonds. The summed E-state index contributed by atoms with van der Waals surface area (Å²) in [7, 11) is 1.36. The first-order valence-corrected chi connectivity index (χ1v) is 7.74. The molecule has 0 saturated carbocycles. The Morgan fingerprint density at radius 3 is 2.76 bits per heavy atom. The predicted molar refractivity (Wildman–Crippen MR) is 90.0 cm³/mol. The maximum Gasteiger partial charge on any atom is 0.350 e. The maximum atomic E-state index is 11.6. The Labute approximate surface area is 133 Å². The Bertz CT molecular complexity index is 611. The standard InChI is InChI=1S/C15H16N2O2S2/c1-19-14(18)13-12(8-10-21-13)17-15(20)16-9-7-11-5-3-2-4-6-11/h2-6,8,10H,7,9H2,1H3,(H2,16,17,20). The molecule has 2 N–H and O–H groups in total. The molecule has 0 atom stereocenters. The molecule has 0 aliphatic rings. The van der Waals surface area contributed by atoms with E-state index >= 15 is 0 Å². The van der Waals surface area contributed by atoms with Gasteiger partial charge in [-0.05, 0) is 35.6 Å². The summed E-state index contributed by atoms with van der Waals surface area (Å²) in [5.74, 6) is -0.361. The monoisotopic (exact) mass is 320 g/mol. The van der Waals surface area contributed by atoms with Gasteiger partial charge in [-0.15, -0.1) is 11.3 Å². The number of rotatable bonds is 5. The van der Waals surface area contributed by atoms with Gasteiger partial charge in [-0.2, -0.15) is 0 Å². The van der Waals surface area contributed by atoms with Crippen molar-refractivity contribution in [2.45, 2.75) is 6.42 Å². The molecule has 1 aromatic heterocycles. The SMILES string of the molecule is COC(=O)c1sccc1NC(=S)NCCc1ccccc1. The fraction of sp³-hybridized carbons (Fsp3) is 0.200. The molecule has 21 heavy (non-hydrogen) atoms. The Morgan fingerprint density at radius 2 is 2.05 bits per heavy atom. The summed E-state index contributed by atoms with van der Waals surface area (Å²) in [6, 6.07) is 12.0. The van der Waals surface area contributed by atoms with Gasteiger partial charge in [0.1, 0.15) is 4.88 Å². The van der Waals surface area contributed by atoms with Crippen LogP contribution in [0.2, 0.25) is 0 Å². The topological polar surface area (TPSA) is 50.4 Å². The fourth-order valence-corrected chi connectivity index (χ4v) is 2.77. The number of hydrogen-bond acceptors (Lipinski definition) is 4. The minimum Gasteiger partial charge on any atom is -0.465 e. The van der Waals surface area contributed by atoms with Crippen LogP contribution in [0.25, 0.3) is 0 Å². The number of carbonyl (C=O) groups is 1. The number of thiophene rings is 1. The van der Waals surface area contributed by atoms with Crippen LogP contribution in [0, 0.1) is 0 Å². The number of ether oxygens (including phenoxy) is 1. The number of hydrogen-bond donors (Lipinski definition) is 2. The van der Waals surface area contributed by atoms with Crippen molar-refractivity contribution in [3.8, 4) is 0 Å². The molecular weight excluding hydrogens is 304 g/mol. The van der Waals surface area contributed by atoms with Gasteiger partial charge in [-0.25, -0.2) is 4.79 Å². The van der Waals surface area contributed by atoms with Crippen molar-refractivity contribution < 1.29 is 9.53 Å². The number of nitrogens with one attached hydrogen (secondary N) is 2. The normalized spacial score (nSPS) is 9.95. The number of carbonyl (C=O) groups excluding carboxylic acids is 1.